The Morgan fingerprint density at radius 3 is 1.31 bits per heavy atom. The van der Waals surface area contributed by atoms with Gasteiger partial charge in [-0.2, -0.15) is 0 Å². The van der Waals surface area contributed by atoms with Gasteiger partial charge in [0, 0.05) is 0 Å². The second-order valence-corrected chi connectivity index (χ2v) is 34.9. The zero-order chi connectivity index (χ0) is 30.2. The average Bonchev–Trinajstić information content (AvgIpc) is 2.94. The van der Waals surface area contributed by atoms with E-state index in [2.05, 4.69) is 158 Å². The molecule has 5 rings (SSSR count). The number of hydrogen-bond donors (Lipinski definition) is 0. The van der Waals surface area contributed by atoms with E-state index in [0.29, 0.717) is 0 Å². The fraction of sp³-hybridized carbons (Fsp3) is 0.243. The second kappa shape index (κ2) is 11.9. The third-order valence-electron chi connectivity index (χ3n) is 7.92. The summed E-state index contributed by atoms with van der Waals surface area (Å²) in [7, 11) is 0. The van der Waals surface area contributed by atoms with Gasteiger partial charge in [0.25, 0.3) is 0 Å². The van der Waals surface area contributed by atoms with E-state index in [1.165, 1.54) is 31.2 Å². The third-order valence-corrected chi connectivity index (χ3v) is 16.4. The molecular formula is C37H43Ge2N3. The molecule has 0 N–H and O–H groups in total. The van der Waals surface area contributed by atoms with E-state index < -0.39 is 26.5 Å². The topological polar surface area (TPSA) is 29.0 Å². The van der Waals surface area contributed by atoms with Crippen molar-refractivity contribution >= 4 is 52.4 Å². The van der Waals surface area contributed by atoms with Crippen LogP contribution < -0.4 is 13.7 Å². The van der Waals surface area contributed by atoms with Gasteiger partial charge in [-0.3, -0.25) is 0 Å². The Kier molecular flexibility index (Phi) is 8.55. The first-order valence-corrected chi connectivity index (χ1v) is 29.5. The molecule has 0 unspecified atom stereocenters. The Balaban J connectivity index is 1.63. The van der Waals surface area contributed by atoms with Crippen molar-refractivity contribution in [2.24, 2.45) is 0 Å². The summed E-state index contributed by atoms with van der Waals surface area (Å²) < 4.78 is 2.85. The Bertz CT molecular complexity index is 1590. The Hall–Kier alpha value is -3.15. The Labute approximate surface area is 257 Å². The number of pyridine rings is 2. The Morgan fingerprint density at radius 2 is 0.952 bits per heavy atom. The molecule has 0 aliphatic heterocycles. The van der Waals surface area contributed by atoms with Crippen LogP contribution in [-0.2, 0) is 0 Å². The SMILES string of the molecule is Cc1cc(C)c(N(c2cccc(-c3cc[c]([Ge]([CH3])([CH3])[CH3])cn3)c2)c2cccc(-c3cc[c]([Ge]([CH3])([CH3])[CH3])cn3)c2)c(C)c1. The standard InChI is InChI=1S/C37H43Ge2N3/c1-26-20-27(2)37(28(3)21-26)42(33-14-10-12-29(22-33)35-18-16-31(24-40-35)38(4,5)6)34-15-11-13-30(23-34)36-19-17-32(25-41-36)39(7,8)9/h10-25H,1-9H3. The molecule has 0 aliphatic rings. The van der Waals surface area contributed by atoms with Crippen molar-refractivity contribution in [2.75, 3.05) is 4.90 Å². The molecule has 0 aliphatic carbocycles. The fourth-order valence-electron chi connectivity index (χ4n) is 5.56. The fourth-order valence-corrected chi connectivity index (χ4v) is 9.90. The van der Waals surface area contributed by atoms with Gasteiger partial charge in [0.15, 0.2) is 0 Å². The zero-order valence-corrected chi connectivity index (χ0v) is 30.8. The molecule has 0 radical (unpaired) electrons. The van der Waals surface area contributed by atoms with Crippen LogP contribution in [0, 0.1) is 20.8 Å². The van der Waals surface area contributed by atoms with Crippen molar-refractivity contribution in [2.45, 2.75) is 55.3 Å². The van der Waals surface area contributed by atoms with Crippen molar-refractivity contribution in [3.63, 3.8) is 0 Å². The summed E-state index contributed by atoms with van der Waals surface area (Å²) in [6.45, 7) is 6.60. The van der Waals surface area contributed by atoms with E-state index >= 15 is 0 Å². The van der Waals surface area contributed by atoms with Crippen molar-refractivity contribution in [3.8, 4) is 22.5 Å². The molecule has 0 saturated carbocycles. The summed E-state index contributed by atoms with van der Waals surface area (Å²) >= 11 is -3.86. The van der Waals surface area contributed by atoms with Crippen LogP contribution in [0.4, 0.5) is 17.1 Å². The van der Waals surface area contributed by atoms with Crippen LogP contribution in [-0.4, -0.2) is 36.5 Å². The van der Waals surface area contributed by atoms with Crippen molar-refractivity contribution in [1.29, 1.82) is 0 Å². The summed E-state index contributed by atoms with van der Waals surface area (Å²) in [5, 5.41) is 0. The summed E-state index contributed by atoms with van der Waals surface area (Å²) in [5.41, 5.74) is 11.5. The monoisotopic (exact) mass is 677 g/mol. The molecule has 3 nitrogen and oxygen atoms in total. The van der Waals surface area contributed by atoms with Crippen LogP contribution in [0.15, 0.2) is 97.3 Å². The number of benzene rings is 3. The van der Waals surface area contributed by atoms with Crippen molar-refractivity contribution in [3.05, 3.63) is 114 Å². The molecule has 3 aromatic carbocycles. The second-order valence-electron chi connectivity index (χ2n) is 13.5. The predicted molar refractivity (Wildman–Crippen MR) is 188 cm³/mol. The van der Waals surface area contributed by atoms with Gasteiger partial charge in [0.2, 0.25) is 0 Å². The maximum atomic E-state index is 4.91. The molecule has 42 heavy (non-hydrogen) atoms. The Morgan fingerprint density at radius 1 is 0.524 bits per heavy atom. The number of aromatic nitrogens is 2. The van der Waals surface area contributed by atoms with Gasteiger partial charge in [0.05, 0.1) is 0 Å². The molecule has 0 spiro atoms. The maximum absolute atomic E-state index is 4.91. The van der Waals surface area contributed by atoms with Gasteiger partial charge in [-0.1, -0.05) is 0 Å². The molecule has 0 atom stereocenters. The number of aryl methyl sites for hydroxylation is 3. The number of hydrogen-bond acceptors (Lipinski definition) is 3. The molecule has 5 heteroatoms. The minimum absolute atomic E-state index is 1.01. The first kappa shape index (κ1) is 30.3. The molecule has 5 aromatic rings. The van der Waals surface area contributed by atoms with E-state index in [9.17, 15) is 0 Å². The molecule has 0 amide bonds. The van der Waals surface area contributed by atoms with Crippen LogP contribution in [0.5, 0.6) is 0 Å². The first-order chi connectivity index (χ1) is 19.8. The van der Waals surface area contributed by atoms with Gasteiger partial charge in [0.1, 0.15) is 0 Å². The predicted octanol–water partition coefficient (Wildman–Crippen LogP) is 9.30. The average molecular weight is 675 g/mol. The van der Waals surface area contributed by atoms with Crippen LogP contribution in [0.1, 0.15) is 16.7 Å². The normalized spacial score (nSPS) is 11.9. The summed E-state index contributed by atoms with van der Waals surface area (Å²) in [4.78, 5) is 12.2. The zero-order valence-electron chi connectivity index (χ0n) is 26.6. The summed E-state index contributed by atoms with van der Waals surface area (Å²) in [5.74, 6) is 14.5. The van der Waals surface area contributed by atoms with Gasteiger partial charge in [-0.05, 0) is 6.92 Å². The van der Waals surface area contributed by atoms with E-state index in [1.54, 1.807) is 0 Å². The van der Waals surface area contributed by atoms with E-state index in [0.717, 1.165) is 33.9 Å². The van der Waals surface area contributed by atoms with E-state index in [1.807, 2.05) is 0 Å². The molecule has 2 heterocycles. The van der Waals surface area contributed by atoms with Gasteiger partial charge < -0.3 is 0 Å². The number of nitrogens with zero attached hydrogens (tertiary/aromatic N) is 3. The molecule has 0 fully saturated rings. The van der Waals surface area contributed by atoms with Gasteiger partial charge in [-0.15, -0.1) is 0 Å². The molecule has 2 aromatic heterocycles. The van der Waals surface area contributed by atoms with Gasteiger partial charge in [-0.25, -0.2) is 0 Å². The quantitative estimate of drug-likeness (QED) is 0.161. The van der Waals surface area contributed by atoms with E-state index in [-0.39, 0.29) is 0 Å². The van der Waals surface area contributed by atoms with Crippen LogP contribution in [0.2, 0.25) is 34.5 Å². The first-order valence-electron chi connectivity index (χ1n) is 14.8. The molecule has 0 bridgehead atoms. The van der Waals surface area contributed by atoms with Crippen molar-refractivity contribution in [1.82, 2.24) is 9.97 Å². The number of anilines is 3. The molecule has 214 valence electrons. The number of rotatable bonds is 7. The summed E-state index contributed by atoms with van der Waals surface area (Å²) in [6, 6.07) is 31.1. The van der Waals surface area contributed by atoms with Gasteiger partial charge >= 0.3 is 252 Å². The van der Waals surface area contributed by atoms with Crippen molar-refractivity contribution < 1.29 is 0 Å². The minimum atomic E-state index is -1.93. The molecular weight excluding hydrogens is 632 g/mol. The summed E-state index contributed by atoms with van der Waals surface area (Å²) in [6.07, 6.45) is 4.19. The van der Waals surface area contributed by atoms with Crippen LogP contribution in [0.3, 0.4) is 0 Å². The van der Waals surface area contributed by atoms with E-state index in [4.69, 9.17) is 9.97 Å². The molecule has 0 saturated heterocycles. The van der Waals surface area contributed by atoms with Crippen LogP contribution in [0.25, 0.3) is 22.5 Å². The third kappa shape index (κ3) is 6.58. The van der Waals surface area contributed by atoms with Crippen LogP contribution >= 0.6 is 0 Å².